The number of carbonyl (C=O) groups is 8. The van der Waals surface area contributed by atoms with Crippen molar-refractivity contribution in [1.29, 1.82) is 0 Å². The molecule has 5 aliphatic rings. The summed E-state index contributed by atoms with van der Waals surface area (Å²) >= 11 is 0. The topological polar surface area (TPSA) is 212 Å². The number of hydrogen-bond donors (Lipinski definition) is 5. The Morgan fingerprint density at radius 1 is 0.439 bits per heavy atom. The highest BCUT2D eigenvalue weighted by Crippen LogP contribution is 2.44. The molecule has 16 nitrogen and oxygen atoms in total. The Morgan fingerprint density at radius 2 is 0.780 bits per heavy atom. The van der Waals surface area contributed by atoms with Crippen LogP contribution in [-0.2, 0) is 33.5 Å². The number of nitrogens with zero attached hydrogens (tertiary/aromatic N) is 2. The van der Waals surface area contributed by atoms with Crippen molar-refractivity contribution in [2.45, 2.75) is 126 Å². The SMILES string of the molecule is O=C(CNC(=O)C(F)(F)F)OCCCCCCCCCCCCNC(=O)[C@@H]1CN(C(=O)c2ccc(C(=O)N3C[C@@H](C(=O)N[C@H]4C[C@@H]4c4ccccc4)[C@H](C(=O)N[C@H]4C[C@@H]4c4ccccc4)C3)cc2)C[C@H]1C(=O)N[C@H]1C[C@@H]1c1ccccc1. The molecule has 0 unspecified atom stereocenters. The van der Waals surface area contributed by atoms with Crippen molar-refractivity contribution >= 4 is 47.3 Å². The van der Waals surface area contributed by atoms with E-state index in [4.69, 9.17) is 4.74 Å². The fraction of sp³-hybridized carbons (Fsp3) is 0.492. The van der Waals surface area contributed by atoms with Gasteiger partial charge in [-0.25, -0.2) is 0 Å². The van der Waals surface area contributed by atoms with E-state index in [2.05, 4.69) is 21.3 Å². The number of carbonyl (C=O) groups excluding carboxylic acids is 8. The van der Waals surface area contributed by atoms with Crippen LogP contribution < -0.4 is 26.6 Å². The van der Waals surface area contributed by atoms with E-state index in [1.165, 1.54) is 10.2 Å². The molecule has 2 heterocycles. The summed E-state index contributed by atoms with van der Waals surface area (Å²) in [6, 6.07) is 36.0. The van der Waals surface area contributed by atoms with E-state index in [0.717, 1.165) is 93.7 Å². The molecule has 19 heteroatoms. The molecule has 5 N–H and O–H groups in total. The Hall–Kier alpha value is -7.57. The fourth-order valence-corrected chi connectivity index (χ4v) is 11.7. The maximum atomic E-state index is 14.2. The lowest BCUT2D eigenvalue weighted by molar-refractivity contribution is -0.174. The van der Waals surface area contributed by atoms with Gasteiger partial charge >= 0.3 is 18.1 Å². The Balaban J connectivity index is 0.743. The molecule has 5 fully saturated rings. The van der Waals surface area contributed by atoms with E-state index in [-0.39, 0.29) is 110 Å². The average Bonchev–Trinajstić information content (AvgIpc) is 4.65. The number of likely N-dealkylation sites (tertiary alicyclic amines) is 2. The number of nitrogens with one attached hydrogen (secondary N) is 5. The minimum absolute atomic E-state index is 0.0347. The van der Waals surface area contributed by atoms with Gasteiger partial charge in [-0.1, -0.05) is 142 Å². The van der Waals surface area contributed by atoms with Gasteiger partial charge < -0.3 is 41.1 Å². The highest BCUT2D eigenvalue weighted by atomic mass is 19.4. The second-order valence-corrected chi connectivity index (χ2v) is 22.8. The summed E-state index contributed by atoms with van der Waals surface area (Å²) in [4.78, 5) is 110. The summed E-state index contributed by atoms with van der Waals surface area (Å²) in [6.07, 6.45) is 6.26. The molecule has 2 saturated heterocycles. The van der Waals surface area contributed by atoms with Crippen molar-refractivity contribution in [3.63, 3.8) is 0 Å². The van der Waals surface area contributed by atoms with Crippen LogP contribution in [0.4, 0.5) is 13.2 Å². The van der Waals surface area contributed by atoms with Crippen molar-refractivity contribution in [3.8, 4) is 0 Å². The third-order valence-electron chi connectivity index (χ3n) is 16.8. The summed E-state index contributed by atoms with van der Waals surface area (Å²) in [5.74, 6) is -7.46. The van der Waals surface area contributed by atoms with Crippen molar-refractivity contribution in [1.82, 2.24) is 36.4 Å². The molecule has 0 bridgehead atoms. The first-order valence-electron chi connectivity index (χ1n) is 29.2. The monoisotopic (exact) mass is 1130 g/mol. The number of ether oxygens (including phenoxy) is 1. The minimum Gasteiger partial charge on any atom is -0.464 e. The molecule has 9 rings (SSSR count). The zero-order valence-electron chi connectivity index (χ0n) is 46.1. The van der Waals surface area contributed by atoms with E-state index in [9.17, 15) is 51.5 Å². The van der Waals surface area contributed by atoms with Crippen LogP contribution in [-0.4, -0.2) is 127 Å². The third-order valence-corrected chi connectivity index (χ3v) is 16.8. The number of halogens is 3. The van der Waals surface area contributed by atoms with Crippen LogP contribution >= 0.6 is 0 Å². The van der Waals surface area contributed by atoms with Crippen molar-refractivity contribution in [2.24, 2.45) is 23.7 Å². The second-order valence-electron chi connectivity index (χ2n) is 22.8. The van der Waals surface area contributed by atoms with Crippen molar-refractivity contribution in [3.05, 3.63) is 143 Å². The lowest BCUT2D eigenvalue weighted by Gasteiger charge is -2.18. The maximum absolute atomic E-state index is 14.2. The van der Waals surface area contributed by atoms with Gasteiger partial charge in [-0.2, -0.15) is 13.2 Å². The number of unbranched alkanes of at least 4 members (excludes halogenated alkanes) is 9. The van der Waals surface area contributed by atoms with Gasteiger partial charge in [0.25, 0.3) is 11.8 Å². The third kappa shape index (κ3) is 15.9. The Bertz CT molecular complexity index is 2800. The zero-order valence-corrected chi connectivity index (χ0v) is 46.1. The molecule has 0 radical (unpaired) electrons. The Kier molecular flexibility index (Phi) is 19.8. The summed E-state index contributed by atoms with van der Waals surface area (Å²) in [5, 5.41) is 14.0. The zero-order chi connectivity index (χ0) is 57.8. The molecule has 4 aromatic carbocycles. The molecular formula is C63H74F3N7O9. The van der Waals surface area contributed by atoms with Crippen LogP contribution in [0.3, 0.4) is 0 Å². The van der Waals surface area contributed by atoms with Gasteiger partial charge in [-0.15, -0.1) is 0 Å². The van der Waals surface area contributed by atoms with E-state index in [0.29, 0.717) is 18.5 Å². The van der Waals surface area contributed by atoms with Gasteiger partial charge in [0.05, 0.1) is 30.3 Å². The van der Waals surface area contributed by atoms with E-state index < -0.39 is 48.3 Å². The Morgan fingerprint density at radius 3 is 1.15 bits per heavy atom. The van der Waals surface area contributed by atoms with Gasteiger partial charge in [-0.05, 0) is 73.1 Å². The van der Waals surface area contributed by atoms with Crippen LogP contribution in [0.15, 0.2) is 115 Å². The number of esters is 1. The highest BCUT2D eigenvalue weighted by molar-refractivity contribution is 6.00. The lowest BCUT2D eigenvalue weighted by Crippen LogP contribution is -2.43. The van der Waals surface area contributed by atoms with Crippen LogP contribution in [0.2, 0.25) is 0 Å². The predicted octanol–water partition coefficient (Wildman–Crippen LogP) is 7.32. The summed E-state index contributed by atoms with van der Waals surface area (Å²) in [5.41, 5.74) is 3.99. The smallest absolute Gasteiger partial charge is 0.464 e. The molecule has 3 aliphatic carbocycles. The molecule has 436 valence electrons. The summed E-state index contributed by atoms with van der Waals surface area (Å²) in [6.45, 7) is -0.162. The number of benzene rings is 4. The van der Waals surface area contributed by atoms with Crippen LogP contribution in [0.5, 0.6) is 0 Å². The first kappa shape index (κ1) is 59.1. The lowest BCUT2D eigenvalue weighted by atomic mass is 9.94. The highest BCUT2D eigenvalue weighted by Gasteiger charge is 2.50. The normalized spacial score (nSPS) is 24.2. The number of hydrogen-bond acceptors (Lipinski definition) is 9. The number of rotatable bonds is 27. The van der Waals surface area contributed by atoms with Crippen molar-refractivity contribution < 1.29 is 56.3 Å². The van der Waals surface area contributed by atoms with Crippen molar-refractivity contribution in [2.75, 3.05) is 45.9 Å². The molecule has 7 amide bonds. The quantitative estimate of drug-likeness (QED) is 0.0299. The van der Waals surface area contributed by atoms with Crippen LogP contribution in [0.1, 0.15) is 139 Å². The minimum atomic E-state index is -5.06. The fourth-order valence-electron chi connectivity index (χ4n) is 11.7. The molecular weight excluding hydrogens is 1060 g/mol. The van der Waals surface area contributed by atoms with Crippen LogP contribution in [0.25, 0.3) is 0 Å². The largest absolute Gasteiger partial charge is 0.471 e. The molecule has 2 aliphatic heterocycles. The average molecular weight is 1130 g/mol. The van der Waals surface area contributed by atoms with Gasteiger partial charge in [0.1, 0.15) is 6.54 Å². The molecule has 0 aromatic heterocycles. The van der Waals surface area contributed by atoms with Gasteiger partial charge in [0.2, 0.25) is 23.6 Å². The van der Waals surface area contributed by atoms with E-state index in [1.807, 2.05) is 91.0 Å². The molecule has 3 saturated carbocycles. The predicted molar refractivity (Wildman–Crippen MR) is 299 cm³/mol. The first-order chi connectivity index (χ1) is 39.6. The number of alkyl halides is 3. The summed E-state index contributed by atoms with van der Waals surface area (Å²) in [7, 11) is 0. The van der Waals surface area contributed by atoms with E-state index >= 15 is 0 Å². The second kappa shape index (κ2) is 27.5. The standard InChI is InChI=1S/C63H74F3N7O9/c64-63(65,66)62(81)68-35-55(74)82-31-19-8-6-4-2-1-3-5-7-18-30-67-56(75)48-36-72(37-49(48)57(76)69-52-32-45(52)40-20-12-9-13-21-40)60(79)43-26-28-44(29-27-43)61(80)73-38-50(58(77)70-53-33-46(53)41-22-14-10-15-23-41)51(39-73)59(78)71-54-34-47(54)42-24-16-11-17-25-42/h9-17,20-29,45-54H,1-8,18-19,30-39H2,(H,67,75)(H,68,81)(H,69,76)(H,70,77)(H,71,78)/t45-,46-,47-,48-,49-,50-,51-,52+,53+,54+/m1/s1. The van der Waals surface area contributed by atoms with Gasteiger partial charge in [0.15, 0.2) is 0 Å². The number of amides is 7. The van der Waals surface area contributed by atoms with Crippen LogP contribution in [0, 0.1) is 23.7 Å². The van der Waals surface area contributed by atoms with Gasteiger partial charge in [0, 0.05) is 79.7 Å². The molecule has 0 spiro atoms. The molecule has 82 heavy (non-hydrogen) atoms. The molecule has 10 atom stereocenters. The first-order valence-corrected chi connectivity index (χ1v) is 29.2. The molecule has 4 aromatic rings. The summed E-state index contributed by atoms with van der Waals surface area (Å²) < 4.78 is 41.7. The van der Waals surface area contributed by atoms with Gasteiger partial charge in [-0.3, -0.25) is 38.4 Å². The maximum Gasteiger partial charge on any atom is 0.471 e. The Labute approximate surface area is 476 Å². The van der Waals surface area contributed by atoms with E-state index in [1.54, 1.807) is 29.2 Å².